The summed E-state index contributed by atoms with van der Waals surface area (Å²) in [5, 5.41) is 9.98. The summed E-state index contributed by atoms with van der Waals surface area (Å²) >= 11 is 11.5. The number of rotatable bonds is 2. The van der Waals surface area contributed by atoms with E-state index in [1.165, 1.54) is 18.2 Å². The Balaban J connectivity index is 2.44. The van der Waals surface area contributed by atoms with E-state index in [0.29, 0.717) is 0 Å². The van der Waals surface area contributed by atoms with Gasteiger partial charge in [0.15, 0.2) is 11.6 Å². The highest BCUT2D eigenvalue weighted by Crippen LogP contribution is 2.30. The molecule has 0 bridgehead atoms. The summed E-state index contributed by atoms with van der Waals surface area (Å²) in [5.74, 6) is -1.86. The van der Waals surface area contributed by atoms with E-state index in [9.17, 15) is 13.9 Å². The fourth-order valence-electron chi connectivity index (χ4n) is 1.43. The lowest BCUT2D eigenvalue weighted by Crippen LogP contribution is -1.86. The van der Waals surface area contributed by atoms with E-state index in [-0.39, 0.29) is 21.4 Å². The zero-order valence-electron chi connectivity index (χ0n) is 9.37. The average Bonchev–Trinajstić information content (AvgIpc) is 2.34. The van der Waals surface area contributed by atoms with Gasteiger partial charge in [-0.15, -0.1) is 0 Å². The predicted molar refractivity (Wildman–Crippen MR) is 71.7 cm³/mol. The number of phenolic OH excluding ortho intramolecular Hbond substituents is 1. The quantitative estimate of drug-likeness (QED) is 0.799. The smallest absolute Gasteiger partial charge is 0.151 e. The van der Waals surface area contributed by atoms with Crippen LogP contribution in [0, 0.1) is 11.6 Å². The van der Waals surface area contributed by atoms with Gasteiger partial charge < -0.3 is 5.11 Å². The van der Waals surface area contributed by atoms with Gasteiger partial charge in [0.1, 0.15) is 11.4 Å². The fourth-order valence-corrected chi connectivity index (χ4v) is 1.94. The van der Waals surface area contributed by atoms with Crippen LogP contribution in [0.25, 0.3) is 0 Å². The normalized spacial score (nSPS) is 11.2. The van der Waals surface area contributed by atoms with Crippen LogP contribution in [0.2, 0.25) is 10.0 Å². The van der Waals surface area contributed by atoms with Crippen LogP contribution in [0.3, 0.4) is 0 Å². The molecule has 2 rings (SSSR count). The second-order valence-electron chi connectivity index (χ2n) is 3.65. The highest BCUT2D eigenvalue weighted by atomic mass is 35.5. The van der Waals surface area contributed by atoms with Gasteiger partial charge in [-0.2, -0.15) is 0 Å². The van der Waals surface area contributed by atoms with Crippen molar-refractivity contribution >= 4 is 35.1 Å². The molecule has 6 heteroatoms. The minimum atomic E-state index is -0.802. The van der Waals surface area contributed by atoms with Crippen molar-refractivity contribution in [1.82, 2.24) is 0 Å². The summed E-state index contributed by atoms with van der Waals surface area (Å²) in [4.78, 5) is 3.67. The monoisotopic (exact) mass is 301 g/mol. The second kappa shape index (κ2) is 5.55. The minimum Gasteiger partial charge on any atom is -0.506 e. The van der Waals surface area contributed by atoms with Crippen LogP contribution in [-0.2, 0) is 0 Å². The van der Waals surface area contributed by atoms with Gasteiger partial charge in [0.25, 0.3) is 0 Å². The first-order valence-corrected chi connectivity index (χ1v) is 5.90. The molecule has 2 nitrogen and oxygen atoms in total. The Hall–Kier alpha value is -1.65. The molecule has 0 aliphatic heterocycles. The third-order valence-electron chi connectivity index (χ3n) is 2.33. The van der Waals surface area contributed by atoms with Gasteiger partial charge in [-0.1, -0.05) is 29.3 Å². The molecule has 98 valence electrons. The largest absolute Gasteiger partial charge is 0.506 e. The van der Waals surface area contributed by atoms with Crippen molar-refractivity contribution < 1.29 is 13.9 Å². The van der Waals surface area contributed by atoms with E-state index in [1.807, 2.05) is 0 Å². The van der Waals surface area contributed by atoms with Crippen LogP contribution in [0.15, 0.2) is 35.3 Å². The van der Waals surface area contributed by atoms with Crippen LogP contribution in [0.5, 0.6) is 5.75 Å². The Kier molecular flexibility index (Phi) is 4.02. The van der Waals surface area contributed by atoms with E-state index in [0.717, 1.165) is 18.3 Å². The van der Waals surface area contributed by atoms with Crippen LogP contribution in [-0.4, -0.2) is 11.3 Å². The Labute approximate surface area is 117 Å². The van der Waals surface area contributed by atoms with Gasteiger partial charge in [0, 0.05) is 16.8 Å². The van der Waals surface area contributed by atoms with Gasteiger partial charge in [0.2, 0.25) is 0 Å². The molecule has 2 aromatic rings. The molecule has 0 spiro atoms. The molecule has 0 aliphatic carbocycles. The molecule has 0 atom stereocenters. The van der Waals surface area contributed by atoms with Crippen LogP contribution < -0.4 is 0 Å². The standard InChI is InChI=1S/C13H7Cl2F2NO/c14-8-4-7(13(19)9(15)5-8)6-18-12-10(16)2-1-3-11(12)17/h1-6,19H. The number of hydrogen-bond donors (Lipinski definition) is 1. The maximum absolute atomic E-state index is 13.3. The van der Waals surface area contributed by atoms with E-state index in [4.69, 9.17) is 23.2 Å². The number of phenols is 1. The summed E-state index contributed by atoms with van der Waals surface area (Å²) in [6.07, 6.45) is 1.09. The summed E-state index contributed by atoms with van der Waals surface area (Å²) in [6.45, 7) is 0. The molecule has 0 aromatic heterocycles. The minimum absolute atomic E-state index is 0.0305. The van der Waals surface area contributed by atoms with Gasteiger partial charge in [-0.3, -0.25) is 0 Å². The van der Waals surface area contributed by atoms with Gasteiger partial charge in [0.05, 0.1) is 5.02 Å². The van der Waals surface area contributed by atoms with E-state index >= 15 is 0 Å². The maximum Gasteiger partial charge on any atom is 0.151 e. The lowest BCUT2D eigenvalue weighted by Gasteiger charge is -2.03. The molecule has 0 saturated carbocycles. The number of aromatic hydroxyl groups is 1. The van der Waals surface area contributed by atoms with Crippen molar-refractivity contribution in [2.75, 3.05) is 0 Å². The summed E-state index contributed by atoms with van der Waals surface area (Å²) < 4.78 is 26.7. The van der Waals surface area contributed by atoms with E-state index < -0.39 is 17.3 Å². The Morgan fingerprint density at radius 1 is 1.11 bits per heavy atom. The lowest BCUT2D eigenvalue weighted by molar-refractivity contribution is 0.474. The van der Waals surface area contributed by atoms with E-state index in [2.05, 4.69) is 4.99 Å². The average molecular weight is 302 g/mol. The third kappa shape index (κ3) is 3.03. The molecule has 0 aliphatic rings. The molecule has 0 saturated heterocycles. The van der Waals surface area contributed by atoms with Crippen molar-refractivity contribution in [1.29, 1.82) is 0 Å². The highest BCUT2D eigenvalue weighted by molar-refractivity contribution is 6.36. The summed E-state index contributed by atoms with van der Waals surface area (Å²) in [5.41, 5.74) is -0.279. The van der Waals surface area contributed by atoms with Crippen molar-refractivity contribution in [2.24, 2.45) is 4.99 Å². The Morgan fingerprint density at radius 2 is 1.74 bits per heavy atom. The fraction of sp³-hybridized carbons (Fsp3) is 0. The number of nitrogens with zero attached hydrogens (tertiary/aromatic N) is 1. The summed E-state index contributed by atoms with van der Waals surface area (Å²) in [7, 11) is 0. The number of hydrogen-bond acceptors (Lipinski definition) is 2. The van der Waals surface area contributed by atoms with Gasteiger partial charge in [-0.25, -0.2) is 13.8 Å². The highest BCUT2D eigenvalue weighted by Gasteiger charge is 2.08. The molecule has 0 fully saturated rings. The first-order valence-electron chi connectivity index (χ1n) is 5.15. The van der Waals surface area contributed by atoms with Crippen molar-refractivity contribution in [3.05, 3.63) is 57.6 Å². The van der Waals surface area contributed by atoms with Gasteiger partial charge in [-0.05, 0) is 24.3 Å². The van der Waals surface area contributed by atoms with Crippen LogP contribution in [0.1, 0.15) is 5.56 Å². The zero-order chi connectivity index (χ0) is 14.0. The molecular formula is C13H7Cl2F2NO. The van der Waals surface area contributed by atoms with Gasteiger partial charge >= 0.3 is 0 Å². The molecule has 0 unspecified atom stereocenters. The van der Waals surface area contributed by atoms with Crippen molar-refractivity contribution in [2.45, 2.75) is 0 Å². The second-order valence-corrected chi connectivity index (χ2v) is 4.50. The number of aliphatic imine (C=N–C) groups is 1. The predicted octanol–water partition coefficient (Wildman–Crippen LogP) is 4.73. The topological polar surface area (TPSA) is 32.6 Å². The summed E-state index contributed by atoms with van der Waals surface area (Å²) in [6, 6.07) is 6.13. The maximum atomic E-state index is 13.3. The molecule has 0 amide bonds. The number of para-hydroxylation sites is 1. The molecule has 0 heterocycles. The molecule has 1 N–H and O–H groups in total. The lowest BCUT2D eigenvalue weighted by atomic mass is 10.2. The third-order valence-corrected chi connectivity index (χ3v) is 2.83. The number of halogens is 4. The Bertz CT molecular complexity index is 639. The molecule has 2 aromatic carbocycles. The number of benzene rings is 2. The first kappa shape index (κ1) is 13.8. The van der Waals surface area contributed by atoms with Crippen LogP contribution in [0.4, 0.5) is 14.5 Å². The first-order chi connectivity index (χ1) is 8.99. The van der Waals surface area contributed by atoms with Crippen molar-refractivity contribution in [3.63, 3.8) is 0 Å². The molecule has 19 heavy (non-hydrogen) atoms. The zero-order valence-corrected chi connectivity index (χ0v) is 10.9. The molecular weight excluding hydrogens is 295 g/mol. The molecule has 0 radical (unpaired) electrons. The van der Waals surface area contributed by atoms with Crippen LogP contribution >= 0.6 is 23.2 Å². The van der Waals surface area contributed by atoms with Crippen molar-refractivity contribution in [3.8, 4) is 5.75 Å². The SMILES string of the molecule is Oc1c(Cl)cc(Cl)cc1C=Nc1c(F)cccc1F. The Morgan fingerprint density at radius 3 is 2.37 bits per heavy atom. The van der Waals surface area contributed by atoms with E-state index in [1.54, 1.807) is 0 Å².